The fraction of sp³-hybridized carbons (Fsp3) is 0.471. The number of benzene rings is 1. The van der Waals surface area contributed by atoms with Gasteiger partial charge in [-0.2, -0.15) is 23.5 Å². The van der Waals surface area contributed by atoms with E-state index in [0.717, 1.165) is 17.4 Å². The molecule has 1 saturated carbocycles. The topological polar surface area (TPSA) is 38.3 Å². The summed E-state index contributed by atoms with van der Waals surface area (Å²) >= 11 is 4.10. The van der Waals surface area contributed by atoms with Crippen molar-refractivity contribution in [2.45, 2.75) is 29.4 Å². The highest BCUT2D eigenvalue weighted by Gasteiger charge is 2.39. The van der Waals surface area contributed by atoms with E-state index in [9.17, 15) is 4.79 Å². The molecule has 3 atom stereocenters. The summed E-state index contributed by atoms with van der Waals surface area (Å²) in [6.07, 6.45) is 4.03. The van der Waals surface area contributed by atoms with E-state index in [1.54, 1.807) is 6.08 Å². The second-order valence-corrected chi connectivity index (χ2v) is 8.16. The molecule has 1 saturated heterocycles. The van der Waals surface area contributed by atoms with Gasteiger partial charge in [-0.15, -0.1) is 0 Å². The first-order valence-electron chi connectivity index (χ1n) is 7.66. The number of carbonyl (C=O) groups is 1. The second kappa shape index (κ2) is 7.47. The third-order valence-electron chi connectivity index (χ3n) is 4.05. The van der Waals surface area contributed by atoms with Crippen molar-refractivity contribution in [1.29, 1.82) is 0 Å². The summed E-state index contributed by atoms with van der Waals surface area (Å²) in [5.41, 5.74) is 0.697. The summed E-state index contributed by atoms with van der Waals surface area (Å²) in [5.74, 6) is 3.24. The van der Waals surface area contributed by atoms with E-state index in [4.69, 9.17) is 4.74 Å². The lowest BCUT2D eigenvalue weighted by atomic mass is 10.1. The second-order valence-electron chi connectivity index (χ2n) is 5.53. The van der Waals surface area contributed by atoms with Crippen LogP contribution in [0.25, 0.3) is 0 Å². The van der Waals surface area contributed by atoms with Gasteiger partial charge in [0.05, 0.1) is 0 Å². The molecule has 0 spiro atoms. The van der Waals surface area contributed by atoms with Crippen LogP contribution in [-0.2, 0) is 0 Å². The summed E-state index contributed by atoms with van der Waals surface area (Å²) in [7, 11) is 0. The van der Waals surface area contributed by atoms with E-state index in [-0.39, 0.29) is 5.91 Å². The quantitative estimate of drug-likeness (QED) is 0.838. The van der Waals surface area contributed by atoms with Gasteiger partial charge in [-0.25, -0.2) is 0 Å². The minimum atomic E-state index is 0.0251. The van der Waals surface area contributed by atoms with E-state index >= 15 is 0 Å². The number of fused-ring (bicyclic) bond motifs is 1. The van der Waals surface area contributed by atoms with Gasteiger partial charge in [0.2, 0.25) is 0 Å². The van der Waals surface area contributed by atoms with Crippen LogP contribution in [0.5, 0.6) is 5.75 Å². The SMILES string of the molecule is C=CCOc1ccc(C(=O)N[C@@H]2CC[C@H]3SCCS[C@@H]23)cc1. The van der Waals surface area contributed by atoms with Crippen molar-refractivity contribution in [2.75, 3.05) is 18.1 Å². The number of amides is 1. The largest absolute Gasteiger partial charge is 0.490 e. The molecule has 1 aromatic rings. The average Bonchev–Trinajstić information content (AvgIpc) is 2.96. The highest BCUT2D eigenvalue weighted by molar-refractivity contribution is 8.07. The monoisotopic (exact) mass is 335 g/mol. The third kappa shape index (κ3) is 3.63. The number of thioether (sulfide) groups is 2. The molecular formula is C17H21NO2S2. The molecule has 1 heterocycles. The van der Waals surface area contributed by atoms with Crippen LogP contribution in [-0.4, -0.2) is 40.6 Å². The summed E-state index contributed by atoms with van der Waals surface area (Å²) in [5, 5.41) is 4.53. The number of carbonyl (C=O) groups excluding carboxylic acids is 1. The lowest BCUT2D eigenvalue weighted by Gasteiger charge is -2.28. The van der Waals surface area contributed by atoms with Crippen molar-refractivity contribution in [3.63, 3.8) is 0 Å². The Hall–Kier alpha value is -1.07. The fourth-order valence-electron chi connectivity index (χ4n) is 2.98. The molecular weight excluding hydrogens is 314 g/mol. The zero-order valence-corrected chi connectivity index (χ0v) is 14.1. The molecule has 1 aliphatic heterocycles. The van der Waals surface area contributed by atoms with E-state index in [1.165, 1.54) is 17.9 Å². The van der Waals surface area contributed by atoms with Crippen molar-refractivity contribution < 1.29 is 9.53 Å². The lowest BCUT2D eigenvalue weighted by molar-refractivity contribution is 0.0938. The van der Waals surface area contributed by atoms with E-state index < -0.39 is 0 Å². The molecule has 0 unspecified atom stereocenters. The van der Waals surface area contributed by atoms with Gasteiger partial charge in [-0.3, -0.25) is 4.79 Å². The maximum atomic E-state index is 12.4. The summed E-state index contributed by atoms with van der Waals surface area (Å²) in [6.45, 7) is 4.10. The number of rotatable bonds is 5. The van der Waals surface area contributed by atoms with Gasteiger partial charge in [0.1, 0.15) is 12.4 Å². The molecule has 5 heteroatoms. The molecule has 0 radical (unpaired) electrons. The van der Waals surface area contributed by atoms with Crippen molar-refractivity contribution in [3.05, 3.63) is 42.5 Å². The number of nitrogens with one attached hydrogen (secondary N) is 1. The number of hydrogen-bond acceptors (Lipinski definition) is 4. The van der Waals surface area contributed by atoms with Gasteiger partial charge in [0.15, 0.2) is 0 Å². The normalized spacial score (nSPS) is 27.0. The standard InChI is InChI=1S/C17H21NO2S2/c1-2-9-20-13-5-3-12(4-6-13)17(19)18-14-7-8-15-16(14)22-11-10-21-15/h2-6,14-16H,1,7-11H2,(H,18,19)/t14-,15-,16+/m1/s1. The van der Waals surface area contributed by atoms with Gasteiger partial charge >= 0.3 is 0 Å². The van der Waals surface area contributed by atoms with E-state index in [0.29, 0.717) is 23.5 Å². The van der Waals surface area contributed by atoms with Gasteiger partial charge in [-0.1, -0.05) is 12.7 Å². The fourth-order valence-corrected chi connectivity index (χ4v) is 6.27. The molecule has 0 bridgehead atoms. The van der Waals surface area contributed by atoms with Gasteiger partial charge in [0.25, 0.3) is 5.91 Å². The Morgan fingerprint density at radius 2 is 2.05 bits per heavy atom. The molecule has 1 aromatic carbocycles. The van der Waals surface area contributed by atoms with E-state index in [2.05, 4.69) is 23.7 Å². The predicted octanol–water partition coefficient (Wildman–Crippen LogP) is 3.36. The smallest absolute Gasteiger partial charge is 0.251 e. The van der Waals surface area contributed by atoms with Crippen molar-refractivity contribution in [2.24, 2.45) is 0 Å². The molecule has 3 nitrogen and oxygen atoms in total. The summed E-state index contributed by atoms with van der Waals surface area (Å²) in [4.78, 5) is 12.4. The molecule has 1 amide bonds. The Kier molecular flexibility index (Phi) is 5.37. The maximum absolute atomic E-state index is 12.4. The third-order valence-corrected chi connectivity index (χ3v) is 7.36. The van der Waals surface area contributed by atoms with Crippen molar-refractivity contribution in [1.82, 2.24) is 5.32 Å². The Balaban J connectivity index is 1.58. The molecule has 1 aliphatic carbocycles. The van der Waals surface area contributed by atoms with Crippen LogP contribution >= 0.6 is 23.5 Å². The first-order chi connectivity index (χ1) is 10.8. The highest BCUT2D eigenvalue weighted by atomic mass is 32.2. The van der Waals surface area contributed by atoms with Crippen molar-refractivity contribution >= 4 is 29.4 Å². The molecule has 0 aromatic heterocycles. The molecule has 2 aliphatic rings. The van der Waals surface area contributed by atoms with Crippen LogP contribution in [0.1, 0.15) is 23.2 Å². The van der Waals surface area contributed by atoms with Crippen LogP contribution in [0.2, 0.25) is 0 Å². The van der Waals surface area contributed by atoms with E-state index in [1.807, 2.05) is 36.0 Å². The Morgan fingerprint density at radius 3 is 2.82 bits per heavy atom. The minimum Gasteiger partial charge on any atom is -0.490 e. The van der Waals surface area contributed by atoms with Crippen LogP contribution < -0.4 is 10.1 Å². The lowest BCUT2D eigenvalue weighted by Crippen LogP contribution is -2.42. The maximum Gasteiger partial charge on any atom is 0.251 e. The van der Waals surface area contributed by atoms with Crippen LogP contribution in [0.4, 0.5) is 0 Å². The predicted molar refractivity (Wildman–Crippen MR) is 95.1 cm³/mol. The average molecular weight is 335 g/mol. The Labute approximate surface area is 140 Å². The molecule has 118 valence electrons. The van der Waals surface area contributed by atoms with Crippen molar-refractivity contribution in [3.8, 4) is 5.75 Å². The first kappa shape index (κ1) is 15.8. The highest BCUT2D eigenvalue weighted by Crippen LogP contribution is 2.42. The zero-order valence-electron chi connectivity index (χ0n) is 12.5. The summed E-state index contributed by atoms with van der Waals surface area (Å²) < 4.78 is 5.44. The van der Waals surface area contributed by atoms with Gasteiger partial charge in [-0.05, 0) is 37.1 Å². The van der Waals surface area contributed by atoms with Crippen LogP contribution in [0.3, 0.4) is 0 Å². The number of hydrogen-bond donors (Lipinski definition) is 1. The minimum absolute atomic E-state index is 0.0251. The van der Waals surface area contributed by atoms with Gasteiger partial charge in [0, 0.05) is 33.6 Å². The molecule has 3 rings (SSSR count). The van der Waals surface area contributed by atoms with Gasteiger partial charge < -0.3 is 10.1 Å². The molecule has 22 heavy (non-hydrogen) atoms. The Bertz CT molecular complexity index is 532. The number of ether oxygens (including phenoxy) is 1. The van der Waals surface area contributed by atoms with Crippen LogP contribution in [0, 0.1) is 0 Å². The molecule has 1 N–H and O–H groups in total. The zero-order chi connectivity index (χ0) is 15.4. The molecule has 2 fully saturated rings. The van der Waals surface area contributed by atoms with Crippen LogP contribution in [0.15, 0.2) is 36.9 Å². The summed E-state index contributed by atoms with van der Waals surface area (Å²) in [6, 6.07) is 7.63. The Morgan fingerprint density at radius 1 is 1.27 bits per heavy atom. The first-order valence-corrected chi connectivity index (χ1v) is 9.75.